The third-order valence-electron chi connectivity index (χ3n) is 2.49. The first-order chi connectivity index (χ1) is 8.63. The van der Waals surface area contributed by atoms with Gasteiger partial charge in [-0.05, 0) is 24.6 Å². The molecule has 0 fully saturated rings. The standard InChI is InChI=1S/C13H19BrN2O2.ClH/c1-10(11-4-3-5-12(14)8-11)16-13(17)9-15-6-7-18-2;/h3-5,8,10,15H,6-7,9H2,1-2H3,(H,16,17);1H. The molecule has 0 bridgehead atoms. The molecule has 1 rings (SSSR count). The minimum atomic E-state index is -0.0152. The second-order valence-corrected chi connectivity index (χ2v) is 4.93. The van der Waals surface area contributed by atoms with Crippen molar-refractivity contribution >= 4 is 34.2 Å². The van der Waals surface area contributed by atoms with Gasteiger partial charge in [-0.25, -0.2) is 0 Å². The zero-order chi connectivity index (χ0) is 13.4. The molecule has 2 N–H and O–H groups in total. The largest absolute Gasteiger partial charge is 0.383 e. The predicted molar refractivity (Wildman–Crippen MR) is 82.7 cm³/mol. The first kappa shape index (κ1) is 18.4. The average Bonchev–Trinajstić information content (AvgIpc) is 2.34. The van der Waals surface area contributed by atoms with Crippen molar-refractivity contribution in [2.24, 2.45) is 0 Å². The molecular formula is C13H20BrClN2O2. The number of carbonyl (C=O) groups is 1. The van der Waals surface area contributed by atoms with Crippen molar-refractivity contribution in [2.45, 2.75) is 13.0 Å². The van der Waals surface area contributed by atoms with Crippen LogP contribution in [0.4, 0.5) is 0 Å². The molecule has 1 aromatic rings. The number of nitrogens with one attached hydrogen (secondary N) is 2. The Morgan fingerprint density at radius 2 is 2.21 bits per heavy atom. The van der Waals surface area contributed by atoms with Crippen molar-refractivity contribution in [3.05, 3.63) is 34.3 Å². The topological polar surface area (TPSA) is 50.4 Å². The molecule has 19 heavy (non-hydrogen) atoms. The summed E-state index contributed by atoms with van der Waals surface area (Å²) >= 11 is 3.42. The summed E-state index contributed by atoms with van der Waals surface area (Å²) < 4.78 is 5.90. The van der Waals surface area contributed by atoms with Gasteiger partial charge in [0.25, 0.3) is 0 Å². The Balaban J connectivity index is 0.00000324. The van der Waals surface area contributed by atoms with Gasteiger partial charge in [0.1, 0.15) is 0 Å². The highest BCUT2D eigenvalue weighted by atomic mass is 79.9. The highest BCUT2D eigenvalue weighted by Crippen LogP contribution is 2.17. The monoisotopic (exact) mass is 350 g/mol. The molecule has 0 aromatic heterocycles. The minimum absolute atomic E-state index is 0. The van der Waals surface area contributed by atoms with E-state index in [1.54, 1.807) is 7.11 Å². The van der Waals surface area contributed by atoms with Crippen LogP contribution in [0.5, 0.6) is 0 Å². The molecule has 6 heteroatoms. The van der Waals surface area contributed by atoms with Crippen molar-refractivity contribution in [3.8, 4) is 0 Å². The molecule has 1 amide bonds. The fourth-order valence-electron chi connectivity index (χ4n) is 1.53. The molecule has 0 aliphatic rings. The number of methoxy groups -OCH3 is 1. The summed E-state index contributed by atoms with van der Waals surface area (Å²) in [7, 11) is 1.64. The number of benzene rings is 1. The fourth-order valence-corrected chi connectivity index (χ4v) is 1.94. The Bertz CT molecular complexity index is 391. The zero-order valence-electron chi connectivity index (χ0n) is 11.1. The number of carbonyl (C=O) groups excluding carboxylic acids is 1. The number of ether oxygens (including phenoxy) is 1. The van der Waals surface area contributed by atoms with Crippen LogP contribution in [0.3, 0.4) is 0 Å². The van der Waals surface area contributed by atoms with Crippen molar-refractivity contribution < 1.29 is 9.53 Å². The Morgan fingerprint density at radius 1 is 1.47 bits per heavy atom. The molecule has 1 atom stereocenters. The SMILES string of the molecule is COCCNCC(=O)NC(C)c1cccc(Br)c1.Cl. The van der Waals surface area contributed by atoms with Crippen LogP contribution in [0.1, 0.15) is 18.5 Å². The summed E-state index contributed by atoms with van der Waals surface area (Å²) in [6, 6.07) is 7.92. The minimum Gasteiger partial charge on any atom is -0.383 e. The molecule has 4 nitrogen and oxygen atoms in total. The molecule has 0 saturated heterocycles. The first-order valence-electron chi connectivity index (χ1n) is 5.88. The zero-order valence-corrected chi connectivity index (χ0v) is 13.5. The lowest BCUT2D eigenvalue weighted by atomic mass is 10.1. The Hall–Kier alpha value is -0.620. The summed E-state index contributed by atoms with van der Waals surface area (Å²) in [4.78, 5) is 11.6. The lowest BCUT2D eigenvalue weighted by Crippen LogP contribution is -2.36. The lowest BCUT2D eigenvalue weighted by molar-refractivity contribution is -0.120. The second-order valence-electron chi connectivity index (χ2n) is 4.01. The van der Waals surface area contributed by atoms with Crippen LogP contribution in [0.2, 0.25) is 0 Å². The number of hydrogen-bond acceptors (Lipinski definition) is 3. The van der Waals surface area contributed by atoms with Gasteiger partial charge in [0.15, 0.2) is 0 Å². The number of amides is 1. The predicted octanol–water partition coefficient (Wildman–Crippen LogP) is 2.28. The van der Waals surface area contributed by atoms with E-state index in [1.807, 2.05) is 31.2 Å². The molecular weight excluding hydrogens is 332 g/mol. The lowest BCUT2D eigenvalue weighted by Gasteiger charge is -2.15. The Labute approximate surface area is 128 Å². The summed E-state index contributed by atoms with van der Waals surface area (Å²) in [5.74, 6) is -0.0152. The van der Waals surface area contributed by atoms with Crippen LogP contribution in [0.25, 0.3) is 0 Å². The van der Waals surface area contributed by atoms with Crippen molar-refractivity contribution in [2.75, 3.05) is 26.8 Å². The maximum Gasteiger partial charge on any atom is 0.234 e. The van der Waals surface area contributed by atoms with E-state index >= 15 is 0 Å². The Morgan fingerprint density at radius 3 is 2.84 bits per heavy atom. The first-order valence-corrected chi connectivity index (χ1v) is 6.67. The normalized spacial score (nSPS) is 11.5. The summed E-state index contributed by atoms with van der Waals surface area (Å²) in [5, 5.41) is 5.95. The van der Waals surface area contributed by atoms with Crippen LogP contribution in [-0.4, -0.2) is 32.7 Å². The van der Waals surface area contributed by atoms with E-state index in [4.69, 9.17) is 4.74 Å². The van der Waals surface area contributed by atoms with E-state index in [0.717, 1.165) is 10.0 Å². The molecule has 0 spiro atoms. The summed E-state index contributed by atoms with van der Waals surface area (Å²) in [5.41, 5.74) is 1.08. The molecule has 1 unspecified atom stereocenters. The number of hydrogen-bond donors (Lipinski definition) is 2. The van der Waals surface area contributed by atoms with E-state index in [-0.39, 0.29) is 24.4 Å². The summed E-state index contributed by atoms with van der Waals surface area (Å²) in [6.07, 6.45) is 0. The Kier molecular flexibility index (Phi) is 9.87. The van der Waals surface area contributed by atoms with Gasteiger partial charge in [0.2, 0.25) is 5.91 Å². The van der Waals surface area contributed by atoms with E-state index in [1.165, 1.54) is 0 Å². The summed E-state index contributed by atoms with van der Waals surface area (Å²) in [6.45, 7) is 3.56. The third-order valence-corrected chi connectivity index (χ3v) is 2.99. The molecule has 0 radical (unpaired) electrons. The van der Waals surface area contributed by atoms with Crippen LogP contribution in [0.15, 0.2) is 28.7 Å². The average molecular weight is 352 g/mol. The van der Waals surface area contributed by atoms with Gasteiger partial charge in [-0.2, -0.15) is 0 Å². The smallest absolute Gasteiger partial charge is 0.234 e. The van der Waals surface area contributed by atoms with E-state index in [0.29, 0.717) is 19.7 Å². The number of rotatable bonds is 7. The van der Waals surface area contributed by atoms with Gasteiger partial charge >= 0.3 is 0 Å². The second kappa shape index (κ2) is 10.2. The molecule has 0 heterocycles. The van der Waals surface area contributed by atoms with Gasteiger partial charge < -0.3 is 15.4 Å². The van der Waals surface area contributed by atoms with E-state index < -0.39 is 0 Å². The fraction of sp³-hybridized carbons (Fsp3) is 0.462. The number of halogens is 2. The van der Waals surface area contributed by atoms with Gasteiger partial charge in [0.05, 0.1) is 19.2 Å². The van der Waals surface area contributed by atoms with Crippen molar-refractivity contribution in [1.82, 2.24) is 10.6 Å². The van der Waals surface area contributed by atoms with Gasteiger partial charge in [-0.15, -0.1) is 12.4 Å². The molecule has 0 aliphatic carbocycles. The van der Waals surface area contributed by atoms with Gasteiger partial charge in [0, 0.05) is 18.1 Å². The van der Waals surface area contributed by atoms with Gasteiger partial charge in [-0.1, -0.05) is 28.1 Å². The van der Waals surface area contributed by atoms with E-state index in [2.05, 4.69) is 26.6 Å². The quantitative estimate of drug-likeness (QED) is 0.741. The highest BCUT2D eigenvalue weighted by molar-refractivity contribution is 9.10. The van der Waals surface area contributed by atoms with Crippen LogP contribution >= 0.6 is 28.3 Å². The highest BCUT2D eigenvalue weighted by Gasteiger charge is 2.09. The molecule has 1 aromatic carbocycles. The van der Waals surface area contributed by atoms with Crippen LogP contribution in [-0.2, 0) is 9.53 Å². The van der Waals surface area contributed by atoms with Crippen LogP contribution < -0.4 is 10.6 Å². The van der Waals surface area contributed by atoms with Crippen molar-refractivity contribution in [1.29, 1.82) is 0 Å². The van der Waals surface area contributed by atoms with E-state index in [9.17, 15) is 4.79 Å². The van der Waals surface area contributed by atoms with Gasteiger partial charge in [-0.3, -0.25) is 4.79 Å². The molecule has 108 valence electrons. The molecule has 0 aliphatic heterocycles. The van der Waals surface area contributed by atoms with Crippen molar-refractivity contribution in [3.63, 3.8) is 0 Å². The third kappa shape index (κ3) is 7.52. The van der Waals surface area contributed by atoms with Crippen LogP contribution in [0, 0.1) is 0 Å². The molecule has 0 saturated carbocycles. The maximum absolute atomic E-state index is 11.6. The maximum atomic E-state index is 11.6.